The molecule has 0 unspecified atom stereocenters. The Morgan fingerprint density at radius 3 is 2.30 bits per heavy atom. The van der Waals surface area contributed by atoms with E-state index in [2.05, 4.69) is 10.6 Å². The SMILES string of the molecule is CC(=O)NS(=O)(=O)c1ccc(NC(=S)NC(=O)c2cccc(OCc3ccccc3)c2)cc1. The molecule has 0 radical (unpaired) electrons. The minimum atomic E-state index is -3.93. The van der Waals surface area contributed by atoms with Crippen LogP contribution in [0.3, 0.4) is 0 Å². The number of hydrogen-bond acceptors (Lipinski definition) is 6. The second kappa shape index (κ2) is 10.7. The molecule has 8 nitrogen and oxygen atoms in total. The van der Waals surface area contributed by atoms with Crippen molar-refractivity contribution in [2.24, 2.45) is 0 Å². The van der Waals surface area contributed by atoms with Crippen molar-refractivity contribution in [3.63, 3.8) is 0 Å². The monoisotopic (exact) mass is 483 g/mol. The lowest BCUT2D eigenvalue weighted by Crippen LogP contribution is -2.34. The zero-order valence-electron chi connectivity index (χ0n) is 17.6. The highest BCUT2D eigenvalue weighted by Crippen LogP contribution is 2.16. The summed E-state index contributed by atoms with van der Waals surface area (Å²) in [5.74, 6) is -0.570. The van der Waals surface area contributed by atoms with Crippen molar-refractivity contribution in [2.75, 3.05) is 5.32 Å². The molecule has 170 valence electrons. The second-order valence-corrected chi connectivity index (χ2v) is 8.99. The van der Waals surface area contributed by atoms with Crippen LogP contribution in [0.5, 0.6) is 5.75 Å². The van der Waals surface area contributed by atoms with Crippen LogP contribution in [-0.2, 0) is 21.4 Å². The lowest BCUT2D eigenvalue weighted by Gasteiger charge is -2.11. The number of anilines is 1. The van der Waals surface area contributed by atoms with Gasteiger partial charge in [-0.05, 0) is 60.2 Å². The molecule has 0 aromatic heterocycles. The number of carbonyl (C=O) groups is 2. The normalized spacial score (nSPS) is 10.7. The molecule has 0 saturated carbocycles. The number of ether oxygens (including phenoxy) is 1. The van der Waals surface area contributed by atoms with Gasteiger partial charge in [-0.15, -0.1) is 0 Å². The molecule has 0 aliphatic carbocycles. The summed E-state index contributed by atoms with van der Waals surface area (Å²) in [7, 11) is -3.93. The molecule has 0 atom stereocenters. The molecule has 3 N–H and O–H groups in total. The van der Waals surface area contributed by atoms with Crippen LogP contribution in [0.15, 0.2) is 83.8 Å². The van der Waals surface area contributed by atoms with Gasteiger partial charge >= 0.3 is 0 Å². The average Bonchev–Trinajstić information content (AvgIpc) is 2.78. The molecule has 2 amide bonds. The predicted octanol–water partition coefficient (Wildman–Crippen LogP) is 3.22. The van der Waals surface area contributed by atoms with Crippen LogP contribution in [0.25, 0.3) is 0 Å². The molecule has 3 rings (SSSR count). The van der Waals surface area contributed by atoms with Gasteiger partial charge in [0.2, 0.25) is 5.91 Å². The zero-order valence-corrected chi connectivity index (χ0v) is 19.2. The summed E-state index contributed by atoms with van der Waals surface area (Å²) in [6.07, 6.45) is 0. The van der Waals surface area contributed by atoms with Crippen molar-refractivity contribution in [1.29, 1.82) is 0 Å². The molecule has 0 saturated heterocycles. The topological polar surface area (TPSA) is 114 Å². The standard InChI is InChI=1S/C23H21N3O5S2/c1-16(27)26-33(29,30)21-12-10-19(11-13-21)24-23(32)25-22(28)18-8-5-9-20(14-18)31-15-17-6-3-2-4-7-17/h2-14H,15H2,1H3,(H,26,27)(H2,24,25,28,32). The van der Waals surface area contributed by atoms with Crippen molar-refractivity contribution < 1.29 is 22.7 Å². The number of rotatable bonds is 7. The van der Waals surface area contributed by atoms with Crippen molar-refractivity contribution in [1.82, 2.24) is 10.0 Å². The first-order valence-electron chi connectivity index (χ1n) is 9.75. The van der Waals surface area contributed by atoms with E-state index in [0.29, 0.717) is 23.6 Å². The Bertz CT molecular complexity index is 1260. The minimum absolute atomic E-state index is 0.0353. The predicted molar refractivity (Wildman–Crippen MR) is 128 cm³/mol. The van der Waals surface area contributed by atoms with E-state index >= 15 is 0 Å². The van der Waals surface area contributed by atoms with E-state index in [-0.39, 0.29) is 10.0 Å². The number of nitrogens with one attached hydrogen (secondary N) is 3. The highest BCUT2D eigenvalue weighted by atomic mass is 32.2. The molecule has 0 heterocycles. The average molecular weight is 484 g/mol. The van der Waals surface area contributed by atoms with Gasteiger partial charge in [0.05, 0.1) is 4.90 Å². The Kier molecular flexibility index (Phi) is 7.75. The third-order valence-corrected chi connectivity index (χ3v) is 5.93. The van der Waals surface area contributed by atoms with Gasteiger partial charge in [0, 0.05) is 18.2 Å². The van der Waals surface area contributed by atoms with Gasteiger partial charge in [-0.3, -0.25) is 14.9 Å². The molecule has 0 fully saturated rings. The van der Waals surface area contributed by atoms with Gasteiger partial charge in [-0.1, -0.05) is 36.4 Å². The summed E-state index contributed by atoms with van der Waals surface area (Å²) in [6.45, 7) is 1.49. The molecule has 0 aliphatic rings. The quantitative estimate of drug-likeness (QED) is 0.442. The van der Waals surface area contributed by atoms with Gasteiger partial charge in [0.15, 0.2) is 5.11 Å². The number of thiocarbonyl (C=S) groups is 1. The van der Waals surface area contributed by atoms with Gasteiger partial charge < -0.3 is 10.1 Å². The Hall–Kier alpha value is -3.76. The van der Waals surface area contributed by atoms with Gasteiger partial charge in [-0.2, -0.15) is 0 Å². The number of carbonyl (C=O) groups excluding carboxylic acids is 2. The Morgan fingerprint density at radius 2 is 1.64 bits per heavy atom. The largest absolute Gasteiger partial charge is 0.489 e. The highest BCUT2D eigenvalue weighted by Gasteiger charge is 2.15. The maximum absolute atomic E-state index is 12.5. The highest BCUT2D eigenvalue weighted by molar-refractivity contribution is 7.90. The summed E-state index contributed by atoms with van der Waals surface area (Å²) in [6, 6.07) is 21.9. The molecular formula is C23H21N3O5S2. The first kappa shape index (κ1) is 23.9. The van der Waals surface area contributed by atoms with Gasteiger partial charge in [-0.25, -0.2) is 13.1 Å². The summed E-state index contributed by atoms with van der Waals surface area (Å²) in [5.41, 5.74) is 1.83. The summed E-state index contributed by atoms with van der Waals surface area (Å²) < 4.78 is 31.6. The molecular weight excluding hydrogens is 462 g/mol. The van der Waals surface area contributed by atoms with Crippen molar-refractivity contribution in [3.05, 3.63) is 90.0 Å². The van der Waals surface area contributed by atoms with Gasteiger partial charge in [0.25, 0.3) is 15.9 Å². The van der Waals surface area contributed by atoms with E-state index in [1.807, 2.05) is 35.1 Å². The Morgan fingerprint density at radius 1 is 0.939 bits per heavy atom. The molecule has 0 bridgehead atoms. The fraction of sp³-hybridized carbons (Fsp3) is 0.0870. The third-order valence-electron chi connectivity index (χ3n) is 4.27. The number of hydrogen-bond donors (Lipinski definition) is 3. The van der Waals surface area contributed by atoms with E-state index < -0.39 is 21.8 Å². The zero-order chi connectivity index (χ0) is 23.8. The van der Waals surface area contributed by atoms with Crippen LogP contribution in [0.2, 0.25) is 0 Å². The molecule has 33 heavy (non-hydrogen) atoms. The summed E-state index contributed by atoms with van der Waals surface area (Å²) in [5, 5.41) is 5.41. The maximum atomic E-state index is 12.5. The molecule has 0 spiro atoms. The summed E-state index contributed by atoms with van der Waals surface area (Å²) >= 11 is 5.17. The summed E-state index contributed by atoms with van der Waals surface area (Å²) in [4.78, 5) is 23.5. The van der Waals surface area contributed by atoms with Crippen molar-refractivity contribution >= 4 is 44.9 Å². The molecule has 10 heteroatoms. The third kappa shape index (κ3) is 7.13. The Labute approximate surface area is 197 Å². The van der Waals surface area contributed by atoms with Crippen LogP contribution < -0.4 is 20.1 Å². The van der Waals surface area contributed by atoms with E-state index in [9.17, 15) is 18.0 Å². The fourth-order valence-corrected chi connectivity index (χ4v) is 3.97. The smallest absolute Gasteiger partial charge is 0.264 e. The lowest BCUT2D eigenvalue weighted by atomic mass is 10.2. The maximum Gasteiger partial charge on any atom is 0.264 e. The first-order valence-corrected chi connectivity index (χ1v) is 11.6. The van der Waals surface area contributed by atoms with E-state index in [1.54, 1.807) is 24.3 Å². The van der Waals surface area contributed by atoms with E-state index in [4.69, 9.17) is 17.0 Å². The van der Waals surface area contributed by atoms with Crippen LogP contribution in [0.4, 0.5) is 5.69 Å². The van der Waals surface area contributed by atoms with Crippen LogP contribution >= 0.6 is 12.2 Å². The number of sulfonamides is 1. The van der Waals surface area contributed by atoms with Crippen LogP contribution in [0.1, 0.15) is 22.8 Å². The van der Waals surface area contributed by atoms with Crippen molar-refractivity contribution in [2.45, 2.75) is 18.4 Å². The van der Waals surface area contributed by atoms with Gasteiger partial charge in [0.1, 0.15) is 12.4 Å². The lowest BCUT2D eigenvalue weighted by molar-refractivity contribution is -0.117. The molecule has 0 aliphatic heterocycles. The van der Waals surface area contributed by atoms with E-state index in [1.165, 1.54) is 24.3 Å². The molecule has 3 aromatic rings. The Balaban J connectivity index is 1.57. The first-order chi connectivity index (χ1) is 15.7. The number of benzene rings is 3. The minimum Gasteiger partial charge on any atom is -0.489 e. The molecule has 3 aromatic carbocycles. The number of amides is 2. The van der Waals surface area contributed by atoms with Crippen molar-refractivity contribution in [3.8, 4) is 5.75 Å². The van der Waals surface area contributed by atoms with Crippen LogP contribution in [0, 0.1) is 0 Å². The second-order valence-electron chi connectivity index (χ2n) is 6.90. The van der Waals surface area contributed by atoms with E-state index in [0.717, 1.165) is 12.5 Å². The fourth-order valence-electron chi connectivity index (χ4n) is 2.77. The van der Waals surface area contributed by atoms with Crippen LogP contribution in [-0.4, -0.2) is 25.3 Å².